The van der Waals surface area contributed by atoms with Crippen LogP contribution in [0.15, 0.2) is 53.5 Å². The molecule has 0 fully saturated rings. The lowest BCUT2D eigenvalue weighted by Crippen LogP contribution is -2.39. The van der Waals surface area contributed by atoms with E-state index in [0.717, 1.165) is 16.7 Å². The van der Waals surface area contributed by atoms with Gasteiger partial charge in [0.15, 0.2) is 5.96 Å². The second-order valence-corrected chi connectivity index (χ2v) is 8.56. The summed E-state index contributed by atoms with van der Waals surface area (Å²) in [5.41, 5.74) is 2.87. The third kappa shape index (κ3) is 9.86. The van der Waals surface area contributed by atoms with Crippen LogP contribution in [0.1, 0.15) is 23.6 Å². The summed E-state index contributed by atoms with van der Waals surface area (Å²) in [6.07, 6.45) is 0.716. The molecular formula is C21H30FIN4O2S. The molecule has 0 atom stereocenters. The van der Waals surface area contributed by atoms with E-state index in [1.807, 2.05) is 44.2 Å². The van der Waals surface area contributed by atoms with Gasteiger partial charge in [-0.2, -0.15) is 0 Å². The van der Waals surface area contributed by atoms with Crippen LogP contribution in [-0.4, -0.2) is 39.8 Å². The molecule has 2 rings (SSSR count). The predicted octanol–water partition coefficient (Wildman–Crippen LogP) is 2.97. The average Bonchev–Trinajstić information content (AvgIpc) is 2.69. The van der Waals surface area contributed by atoms with Gasteiger partial charge in [0.25, 0.3) is 0 Å². The Bertz CT molecular complexity index is 908. The van der Waals surface area contributed by atoms with Gasteiger partial charge in [0.2, 0.25) is 10.0 Å². The zero-order valence-electron chi connectivity index (χ0n) is 17.3. The maximum atomic E-state index is 13.2. The van der Waals surface area contributed by atoms with Gasteiger partial charge in [-0.1, -0.05) is 36.4 Å². The van der Waals surface area contributed by atoms with Gasteiger partial charge in [0.05, 0.1) is 12.3 Å². The van der Waals surface area contributed by atoms with Gasteiger partial charge in [0.1, 0.15) is 5.82 Å². The van der Waals surface area contributed by atoms with Crippen molar-refractivity contribution in [2.75, 3.05) is 25.4 Å². The number of hydrogen-bond donors (Lipinski definition) is 3. The molecule has 0 spiro atoms. The SMILES string of the molecule is CCNC(=NCCS(=O)(=O)NCc1ccccc1)NCCc1ccc(F)cc1C.I. The Morgan fingerprint density at radius 1 is 1.10 bits per heavy atom. The summed E-state index contributed by atoms with van der Waals surface area (Å²) < 4.78 is 40.1. The Morgan fingerprint density at radius 2 is 1.83 bits per heavy atom. The van der Waals surface area contributed by atoms with E-state index < -0.39 is 10.0 Å². The highest BCUT2D eigenvalue weighted by atomic mass is 127. The van der Waals surface area contributed by atoms with Crippen LogP contribution >= 0.6 is 24.0 Å². The highest BCUT2D eigenvalue weighted by Crippen LogP contribution is 2.10. The summed E-state index contributed by atoms with van der Waals surface area (Å²) in [5, 5.41) is 6.29. The second-order valence-electron chi connectivity index (χ2n) is 6.63. The number of guanidine groups is 1. The van der Waals surface area contributed by atoms with Gasteiger partial charge >= 0.3 is 0 Å². The Kier molecular flexibility index (Phi) is 11.9. The minimum absolute atomic E-state index is 0. The number of hydrogen-bond acceptors (Lipinski definition) is 3. The number of nitrogens with zero attached hydrogens (tertiary/aromatic N) is 1. The number of nitrogens with one attached hydrogen (secondary N) is 3. The molecule has 2 aromatic carbocycles. The minimum Gasteiger partial charge on any atom is -0.357 e. The van der Waals surface area contributed by atoms with Gasteiger partial charge in [-0.3, -0.25) is 4.99 Å². The van der Waals surface area contributed by atoms with Crippen LogP contribution in [-0.2, 0) is 23.0 Å². The Morgan fingerprint density at radius 3 is 2.50 bits per heavy atom. The molecule has 166 valence electrons. The van der Waals surface area contributed by atoms with Crippen LogP contribution in [0.5, 0.6) is 0 Å². The van der Waals surface area contributed by atoms with Crippen LogP contribution < -0.4 is 15.4 Å². The number of benzene rings is 2. The van der Waals surface area contributed by atoms with Crippen molar-refractivity contribution in [1.29, 1.82) is 0 Å². The van der Waals surface area contributed by atoms with Crippen molar-refractivity contribution in [2.45, 2.75) is 26.8 Å². The lowest BCUT2D eigenvalue weighted by molar-refractivity contribution is 0.581. The molecular weight excluding hydrogens is 518 g/mol. The summed E-state index contributed by atoms with van der Waals surface area (Å²) in [5.74, 6) is 0.231. The molecule has 0 aliphatic rings. The maximum absolute atomic E-state index is 13.2. The summed E-state index contributed by atoms with van der Waals surface area (Å²) in [7, 11) is -3.41. The molecule has 0 saturated heterocycles. The van der Waals surface area contributed by atoms with Crippen molar-refractivity contribution in [3.8, 4) is 0 Å². The van der Waals surface area contributed by atoms with E-state index in [4.69, 9.17) is 0 Å². The van der Waals surface area contributed by atoms with Crippen molar-refractivity contribution in [3.63, 3.8) is 0 Å². The monoisotopic (exact) mass is 548 g/mol. The fourth-order valence-electron chi connectivity index (χ4n) is 2.74. The smallest absolute Gasteiger partial charge is 0.213 e. The summed E-state index contributed by atoms with van der Waals surface area (Å²) in [4.78, 5) is 4.34. The topological polar surface area (TPSA) is 82.6 Å². The molecule has 9 heteroatoms. The summed E-state index contributed by atoms with van der Waals surface area (Å²) in [6, 6.07) is 14.1. The zero-order valence-corrected chi connectivity index (χ0v) is 20.5. The largest absolute Gasteiger partial charge is 0.357 e. The third-order valence-corrected chi connectivity index (χ3v) is 5.61. The van der Waals surface area contributed by atoms with Crippen LogP contribution in [0.2, 0.25) is 0 Å². The molecule has 0 radical (unpaired) electrons. The van der Waals surface area contributed by atoms with E-state index in [1.54, 1.807) is 6.07 Å². The number of halogens is 2. The molecule has 2 aromatic rings. The zero-order chi connectivity index (χ0) is 21.1. The fraction of sp³-hybridized carbons (Fsp3) is 0.381. The van der Waals surface area contributed by atoms with Gasteiger partial charge in [0, 0.05) is 19.6 Å². The van der Waals surface area contributed by atoms with Crippen molar-refractivity contribution < 1.29 is 12.8 Å². The third-order valence-electron chi connectivity index (χ3n) is 4.30. The molecule has 0 unspecified atom stereocenters. The number of rotatable bonds is 10. The molecule has 0 aliphatic carbocycles. The van der Waals surface area contributed by atoms with Crippen molar-refractivity contribution in [1.82, 2.24) is 15.4 Å². The lowest BCUT2D eigenvalue weighted by atomic mass is 10.1. The standard InChI is InChI=1S/C21H29FN4O2S.HI/c1-3-23-21(24-12-11-19-9-10-20(22)15-17(19)2)25-13-14-29(27,28)26-16-18-7-5-4-6-8-18;/h4-10,15,26H,3,11-14,16H2,1-2H3,(H2,23,24,25);1H. The van der Waals surface area contributed by atoms with Crippen molar-refractivity contribution in [2.24, 2.45) is 4.99 Å². The van der Waals surface area contributed by atoms with Crippen LogP contribution in [0, 0.1) is 12.7 Å². The van der Waals surface area contributed by atoms with E-state index >= 15 is 0 Å². The first-order valence-corrected chi connectivity index (χ1v) is 11.3. The van der Waals surface area contributed by atoms with E-state index in [-0.39, 0.29) is 48.6 Å². The highest BCUT2D eigenvalue weighted by Gasteiger charge is 2.09. The molecule has 0 bridgehead atoms. The molecule has 0 saturated carbocycles. The maximum Gasteiger partial charge on any atom is 0.213 e. The molecule has 0 heterocycles. The van der Waals surface area contributed by atoms with E-state index in [1.165, 1.54) is 12.1 Å². The quantitative estimate of drug-likeness (QED) is 0.242. The molecule has 0 amide bonds. The highest BCUT2D eigenvalue weighted by molar-refractivity contribution is 14.0. The second kappa shape index (κ2) is 13.6. The molecule has 30 heavy (non-hydrogen) atoms. The Hall–Kier alpha value is -1.72. The van der Waals surface area contributed by atoms with Crippen LogP contribution in [0.4, 0.5) is 4.39 Å². The number of aryl methyl sites for hydroxylation is 1. The van der Waals surface area contributed by atoms with Gasteiger partial charge in [-0.05, 0) is 49.1 Å². The Balaban J connectivity index is 0.00000450. The predicted molar refractivity (Wildman–Crippen MR) is 131 cm³/mol. The van der Waals surface area contributed by atoms with Crippen molar-refractivity contribution >= 4 is 40.0 Å². The lowest BCUT2D eigenvalue weighted by Gasteiger charge is -2.12. The first kappa shape index (κ1) is 26.3. The van der Waals surface area contributed by atoms with Crippen LogP contribution in [0.25, 0.3) is 0 Å². The molecule has 0 aliphatic heterocycles. The Labute approximate surface area is 195 Å². The average molecular weight is 548 g/mol. The molecule has 0 aromatic heterocycles. The molecule has 6 nitrogen and oxygen atoms in total. The summed E-state index contributed by atoms with van der Waals surface area (Å²) in [6.45, 7) is 5.51. The summed E-state index contributed by atoms with van der Waals surface area (Å²) >= 11 is 0. The van der Waals surface area contributed by atoms with E-state index in [2.05, 4.69) is 20.3 Å². The van der Waals surface area contributed by atoms with Crippen LogP contribution in [0.3, 0.4) is 0 Å². The van der Waals surface area contributed by atoms with E-state index in [9.17, 15) is 12.8 Å². The minimum atomic E-state index is -3.41. The van der Waals surface area contributed by atoms with Gasteiger partial charge in [-0.15, -0.1) is 24.0 Å². The first-order valence-electron chi connectivity index (χ1n) is 9.68. The number of sulfonamides is 1. The molecule has 3 N–H and O–H groups in total. The van der Waals surface area contributed by atoms with Gasteiger partial charge in [-0.25, -0.2) is 17.5 Å². The van der Waals surface area contributed by atoms with E-state index in [0.29, 0.717) is 25.5 Å². The first-order chi connectivity index (χ1) is 13.9. The number of aliphatic imine (C=N–C) groups is 1. The normalized spacial score (nSPS) is 11.6. The van der Waals surface area contributed by atoms with Crippen molar-refractivity contribution in [3.05, 3.63) is 71.0 Å². The fourth-order valence-corrected chi connectivity index (χ4v) is 3.60. The van der Waals surface area contributed by atoms with Gasteiger partial charge < -0.3 is 10.6 Å².